The van der Waals surface area contributed by atoms with Crippen LogP contribution < -0.4 is 0 Å². The molecular weight excluding hydrogens is 204 g/mol. The number of unbranched alkanes of at least 4 members (excludes halogenated alkanes) is 1. The maximum Gasteiger partial charge on any atom is 0.276 e. The van der Waals surface area contributed by atoms with E-state index in [1.165, 1.54) is 0 Å². The zero-order valence-electron chi connectivity index (χ0n) is 9.64. The Morgan fingerprint density at radius 3 is 2.44 bits per heavy atom. The molecule has 0 fully saturated rings. The van der Waals surface area contributed by atoms with Gasteiger partial charge in [0.05, 0.1) is 5.29 Å². The molecule has 0 saturated heterocycles. The first-order chi connectivity index (χ1) is 7.69. The predicted molar refractivity (Wildman–Crippen MR) is 62.9 cm³/mol. The van der Waals surface area contributed by atoms with E-state index in [-0.39, 0.29) is 5.91 Å². The second-order valence-corrected chi connectivity index (χ2v) is 3.73. The standard InChI is InChI=1S/C12H16N2O2/c1-3-4-9-14(13-16)12(15)11-7-5-10(2)6-8-11/h5-8H,3-4,9H2,1-2H3. The van der Waals surface area contributed by atoms with Crippen LogP contribution in [0.2, 0.25) is 0 Å². The zero-order chi connectivity index (χ0) is 12.0. The lowest BCUT2D eigenvalue weighted by atomic mass is 10.1. The largest absolute Gasteiger partial charge is 0.276 e. The highest BCUT2D eigenvalue weighted by Gasteiger charge is 2.15. The van der Waals surface area contributed by atoms with Crippen LogP contribution in [0.1, 0.15) is 35.7 Å². The Morgan fingerprint density at radius 2 is 1.94 bits per heavy atom. The summed E-state index contributed by atoms with van der Waals surface area (Å²) >= 11 is 0. The number of hydrogen-bond acceptors (Lipinski definition) is 3. The van der Waals surface area contributed by atoms with E-state index in [9.17, 15) is 9.70 Å². The number of nitroso groups, excluding NO2 is 1. The fourth-order valence-corrected chi connectivity index (χ4v) is 1.33. The van der Waals surface area contributed by atoms with Crippen molar-refractivity contribution in [1.82, 2.24) is 5.01 Å². The third-order valence-corrected chi connectivity index (χ3v) is 2.35. The molecular formula is C12H16N2O2. The van der Waals surface area contributed by atoms with E-state index in [2.05, 4.69) is 5.29 Å². The van der Waals surface area contributed by atoms with Gasteiger partial charge in [0, 0.05) is 12.1 Å². The van der Waals surface area contributed by atoms with Crippen molar-refractivity contribution in [2.45, 2.75) is 26.7 Å². The van der Waals surface area contributed by atoms with E-state index < -0.39 is 0 Å². The van der Waals surface area contributed by atoms with Crippen LogP contribution in [0.25, 0.3) is 0 Å². The van der Waals surface area contributed by atoms with Crippen molar-refractivity contribution in [2.24, 2.45) is 5.29 Å². The first kappa shape index (κ1) is 12.4. The summed E-state index contributed by atoms with van der Waals surface area (Å²) < 4.78 is 0. The molecule has 1 aromatic rings. The lowest BCUT2D eigenvalue weighted by Crippen LogP contribution is -2.26. The molecule has 0 aromatic heterocycles. The van der Waals surface area contributed by atoms with Gasteiger partial charge in [0.2, 0.25) is 0 Å². The Hall–Kier alpha value is -1.71. The lowest BCUT2D eigenvalue weighted by Gasteiger charge is -2.12. The summed E-state index contributed by atoms with van der Waals surface area (Å²) in [4.78, 5) is 22.4. The van der Waals surface area contributed by atoms with Crippen LogP contribution in [-0.4, -0.2) is 17.5 Å². The second-order valence-electron chi connectivity index (χ2n) is 3.73. The van der Waals surface area contributed by atoms with Crippen molar-refractivity contribution < 1.29 is 4.79 Å². The number of amides is 1. The average molecular weight is 220 g/mol. The molecule has 0 bridgehead atoms. The van der Waals surface area contributed by atoms with Crippen molar-refractivity contribution in [3.8, 4) is 0 Å². The van der Waals surface area contributed by atoms with Crippen molar-refractivity contribution in [2.75, 3.05) is 6.54 Å². The van der Waals surface area contributed by atoms with Crippen LogP contribution in [0.3, 0.4) is 0 Å². The normalized spacial score (nSPS) is 9.88. The Kier molecular flexibility index (Phi) is 4.64. The molecule has 1 aromatic carbocycles. The van der Waals surface area contributed by atoms with Crippen LogP contribution in [0.4, 0.5) is 0 Å². The highest BCUT2D eigenvalue weighted by Crippen LogP contribution is 2.08. The minimum absolute atomic E-state index is 0.330. The van der Waals surface area contributed by atoms with Gasteiger partial charge in [0.1, 0.15) is 0 Å². The van der Waals surface area contributed by atoms with Crippen molar-refractivity contribution in [1.29, 1.82) is 0 Å². The van der Waals surface area contributed by atoms with Crippen molar-refractivity contribution >= 4 is 5.91 Å². The van der Waals surface area contributed by atoms with Gasteiger partial charge in [0.25, 0.3) is 5.91 Å². The second kappa shape index (κ2) is 6.00. The fraction of sp³-hybridized carbons (Fsp3) is 0.417. The van der Waals surface area contributed by atoms with E-state index in [0.29, 0.717) is 12.1 Å². The third-order valence-electron chi connectivity index (χ3n) is 2.35. The van der Waals surface area contributed by atoms with Gasteiger partial charge in [0.15, 0.2) is 0 Å². The highest BCUT2D eigenvalue weighted by atomic mass is 16.3. The van der Waals surface area contributed by atoms with Crippen LogP contribution in [-0.2, 0) is 0 Å². The number of aryl methyl sites for hydroxylation is 1. The Balaban J connectivity index is 2.74. The molecule has 16 heavy (non-hydrogen) atoms. The van der Waals surface area contributed by atoms with Gasteiger partial charge >= 0.3 is 0 Å². The maximum atomic E-state index is 11.8. The van der Waals surface area contributed by atoms with Gasteiger partial charge < -0.3 is 0 Å². The summed E-state index contributed by atoms with van der Waals surface area (Å²) in [6.07, 6.45) is 1.70. The van der Waals surface area contributed by atoms with Crippen molar-refractivity contribution in [3.05, 3.63) is 40.3 Å². The third kappa shape index (κ3) is 3.15. The number of nitrogens with zero attached hydrogens (tertiary/aromatic N) is 2. The highest BCUT2D eigenvalue weighted by molar-refractivity contribution is 5.93. The Morgan fingerprint density at radius 1 is 1.31 bits per heavy atom. The summed E-state index contributed by atoms with van der Waals surface area (Å²) in [5.74, 6) is -0.330. The molecule has 0 N–H and O–H groups in total. The minimum atomic E-state index is -0.330. The quantitative estimate of drug-likeness (QED) is 0.566. The fourth-order valence-electron chi connectivity index (χ4n) is 1.33. The van der Waals surface area contributed by atoms with Crippen LogP contribution in [0, 0.1) is 11.8 Å². The summed E-state index contributed by atoms with van der Waals surface area (Å²) in [6, 6.07) is 7.11. The van der Waals surface area contributed by atoms with Gasteiger partial charge in [-0.1, -0.05) is 31.0 Å². The molecule has 4 nitrogen and oxygen atoms in total. The summed E-state index contributed by atoms with van der Waals surface area (Å²) in [5, 5.41) is 3.74. The summed E-state index contributed by atoms with van der Waals surface area (Å²) in [5.41, 5.74) is 1.58. The number of carbonyl (C=O) groups excluding carboxylic acids is 1. The lowest BCUT2D eigenvalue weighted by molar-refractivity contribution is 0.0755. The van der Waals surface area contributed by atoms with Crippen LogP contribution >= 0.6 is 0 Å². The molecule has 0 aliphatic heterocycles. The zero-order valence-corrected chi connectivity index (χ0v) is 9.64. The van der Waals surface area contributed by atoms with Gasteiger partial charge in [-0.3, -0.25) is 4.79 Å². The van der Waals surface area contributed by atoms with Crippen molar-refractivity contribution in [3.63, 3.8) is 0 Å². The molecule has 86 valence electrons. The molecule has 0 unspecified atom stereocenters. The summed E-state index contributed by atoms with van der Waals surface area (Å²) in [6.45, 7) is 4.33. The maximum absolute atomic E-state index is 11.8. The molecule has 0 atom stereocenters. The molecule has 0 spiro atoms. The van der Waals surface area contributed by atoms with Gasteiger partial charge in [-0.15, -0.1) is 4.91 Å². The molecule has 1 amide bonds. The van der Waals surface area contributed by atoms with Gasteiger partial charge in [-0.2, -0.15) is 5.01 Å². The van der Waals surface area contributed by atoms with Gasteiger partial charge in [-0.25, -0.2) is 0 Å². The molecule has 0 aliphatic carbocycles. The molecule has 0 saturated carbocycles. The topological polar surface area (TPSA) is 49.7 Å². The summed E-state index contributed by atoms with van der Waals surface area (Å²) in [7, 11) is 0. The van der Waals surface area contributed by atoms with E-state index in [0.717, 1.165) is 23.4 Å². The van der Waals surface area contributed by atoms with Crippen LogP contribution in [0.15, 0.2) is 29.6 Å². The van der Waals surface area contributed by atoms with Gasteiger partial charge in [-0.05, 0) is 25.5 Å². The SMILES string of the molecule is CCCCN(N=O)C(=O)c1ccc(C)cc1. The number of carbonyl (C=O) groups is 1. The average Bonchev–Trinajstić information content (AvgIpc) is 2.30. The Labute approximate surface area is 95.2 Å². The number of hydrogen-bond donors (Lipinski definition) is 0. The molecule has 0 radical (unpaired) electrons. The first-order valence-electron chi connectivity index (χ1n) is 5.41. The van der Waals surface area contributed by atoms with E-state index >= 15 is 0 Å². The molecule has 1 rings (SSSR count). The first-order valence-corrected chi connectivity index (χ1v) is 5.41. The number of benzene rings is 1. The van der Waals surface area contributed by atoms with E-state index in [1.54, 1.807) is 12.1 Å². The molecule has 0 aliphatic rings. The van der Waals surface area contributed by atoms with E-state index in [1.807, 2.05) is 26.0 Å². The van der Waals surface area contributed by atoms with E-state index in [4.69, 9.17) is 0 Å². The minimum Gasteiger partial charge on any atom is -0.267 e. The molecule has 4 heteroatoms. The molecule has 0 heterocycles. The smallest absolute Gasteiger partial charge is 0.267 e. The predicted octanol–water partition coefficient (Wildman–Crippen LogP) is 2.92. The van der Waals surface area contributed by atoms with Crippen LogP contribution in [0.5, 0.6) is 0 Å². The Bertz CT molecular complexity index is 360. The number of rotatable bonds is 5. The monoisotopic (exact) mass is 220 g/mol.